The first-order valence-corrected chi connectivity index (χ1v) is 8.72. The van der Waals surface area contributed by atoms with Gasteiger partial charge in [-0.1, -0.05) is 11.6 Å². The highest BCUT2D eigenvalue weighted by Crippen LogP contribution is 2.19. The SMILES string of the molecule is CSCC[C@@H](NS(=O)(=O)c1ccc(F)c(Cl)c1)C(=O)O. The fraction of sp³-hybridized carbons (Fsp3) is 0.364. The third-order valence-electron chi connectivity index (χ3n) is 2.41. The molecule has 0 aliphatic carbocycles. The van der Waals surface area contributed by atoms with Crippen molar-refractivity contribution in [2.24, 2.45) is 0 Å². The molecule has 112 valence electrons. The normalized spacial score (nSPS) is 13.2. The molecule has 0 saturated carbocycles. The molecule has 1 rings (SSSR count). The quantitative estimate of drug-likeness (QED) is 0.792. The Bertz CT molecular complexity index is 594. The number of carbonyl (C=O) groups is 1. The molecule has 0 bridgehead atoms. The van der Waals surface area contributed by atoms with E-state index in [1.54, 1.807) is 6.26 Å². The van der Waals surface area contributed by atoms with Gasteiger partial charge in [0.1, 0.15) is 11.9 Å². The predicted molar refractivity (Wildman–Crippen MR) is 76.2 cm³/mol. The van der Waals surface area contributed by atoms with E-state index in [0.29, 0.717) is 5.75 Å². The van der Waals surface area contributed by atoms with Crippen LogP contribution in [0.1, 0.15) is 6.42 Å². The van der Waals surface area contributed by atoms with Crippen LogP contribution in [-0.2, 0) is 14.8 Å². The molecular formula is C11H13ClFNO4S2. The smallest absolute Gasteiger partial charge is 0.321 e. The van der Waals surface area contributed by atoms with Gasteiger partial charge in [-0.15, -0.1) is 0 Å². The maximum atomic E-state index is 13.0. The number of aliphatic carboxylic acids is 1. The summed E-state index contributed by atoms with van der Waals surface area (Å²) >= 11 is 6.92. The van der Waals surface area contributed by atoms with Crippen molar-refractivity contribution in [1.82, 2.24) is 4.72 Å². The van der Waals surface area contributed by atoms with E-state index >= 15 is 0 Å². The molecule has 0 unspecified atom stereocenters. The third-order valence-corrected chi connectivity index (χ3v) is 4.81. The zero-order valence-electron chi connectivity index (χ0n) is 10.5. The standard InChI is InChI=1S/C11H13ClFNO4S2/c1-19-5-4-10(11(15)16)14-20(17,18)7-2-3-9(13)8(12)6-7/h2-3,6,10,14H,4-5H2,1H3,(H,15,16)/t10-/m1/s1. The van der Waals surface area contributed by atoms with Crippen LogP contribution >= 0.6 is 23.4 Å². The van der Waals surface area contributed by atoms with Crippen LogP contribution in [0.4, 0.5) is 4.39 Å². The number of thioether (sulfide) groups is 1. The molecule has 5 nitrogen and oxygen atoms in total. The molecule has 1 atom stereocenters. The molecule has 1 aromatic carbocycles. The van der Waals surface area contributed by atoms with Crippen LogP contribution in [0.25, 0.3) is 0 Å². The Kier molecular flexibility index (Phi) is 6.25. The largest absolute Gasteiger partial charge is 0.480 e. The zero-order chi connectivity index (χ0) is 15.3. The molecule has 0 aliphatic heterocycles. The summed E-state index contributed by atoms with van der Waals surface area (Å²) in [5.41, 5.74) is 0. The molecule has 20 heavy (non-hydrogen) atoms. The molecule has 0 fully saturated rings. The van der Waals surface area contributed by atoms with Crippen molar-refractivity contribution < 1.29 is 22.7 Å². The molecule has 0 amide bonds. The minimum Gasteiger partial charge on any atom is -0.480 e. The predicted octanol–water partition coefficient (Wildman–Crippen LogP) is 1.96. The van der Waals surface area contributed by atoms with Gasteiger partial charge in [0, 0.05) is 0 Å². The van der Waals surface area contributed by atoms with Gasteiger partial charge < -0.3 is 5.11 Å². The Balaban J connectivity index is 2.97. The number of sulfonamides is 1. The third kappa shape index (κ3) is 4.62. The fourth-order valence-electron chi connectivity index (χ4n) is 1.37. The highest BCUT2D eigenvalue weighted by Gasteiger charge is 2.25. The second-order valence-electron chi connectivity index (χ2n) is 3.87. The van der Waals surface area contributed by atoms with Gasteiger partial charge in [0.25, 0.3) is 0 Å². The van der Waals surface area contributed by atoms with Crippen molar-refractivity contribution in [1.29, 1.82) is 0 Å². The van der Waals surface area contributed by atoms with E-state index in [1.165, 1.54) is 11.8 Å². The number of carboxylic acids is 1. The van der Waals surface area contributed by atoms with E-state index in [2.05, 4.69) is 4.72 Å². The lowest BCUT2D eigenvalue weighted by atomic mass is 10.2. The summed E-state index contributed by atoms with van der Waals surface area (Å²) in [6.45, 7) is 0. The number of benzene rings is 1. The second-order valence-corrected chi connectivity index (χ2v) is 6.98. The molecule has 9 heteroatoms. The van der Waals surface area contributed by atoms with Gasteiger partial charge in [-0.25, -0.2) is 12.8 Å². The van der Waals surface area contributed by atoms with E-state index in [0.717, 1.165) is 18.2 Å². The number of halogens is 2. The van der Waals surface area contributed by atoms with Gasteiger partial charge in [-0.05, 0) is 36.6 Å². The highest BCUT2D eigenvalue weighted by atomic mass is 35.5. The van der Waals surface area contributed by atoms with E-state index in [1.807, 2.05) is 0 Å². The van der Waals surface area contributed by atoms with Crippen LogP contribution in [0.15, 0.2) is 23.1 Å². The molecule has 0 aromatic heterocycles. The van der Waals surface area contributed by atoms with Gasteiger partial charge in [-0.2, -0.15) is 16.5 Å². The number of hydrogen-bond acceptors (Lipinski definition) is 4. The molecule has 2 N–H and O–H groups in total. The van der Waals surface area contributed by atoms with E-state index < -0.39 is 27.9 Å². The van der Waals surface area contributed by atoms with Crippen molar-refractivity contribution in [2.45, 2.75) is 17.4 Å². The van der Waals surface area contributed by atoms with Gasteiger partial charge in [0.05, 0.1) is 9.92 Å². The molecular weight excluding hydrogens is 329 g/mol. The topological polar surface area (TPSA) is 83.5 Å². The van der Waals surface area contributed by atoms with Gasteiger partial charge >= 0.3 is 5.97 Å². The first-order chi connectivity index (χ1) is 9.27. The summed E-state index contributed by atoms with van der Waals surface area (Å²) in [6, 6.07) is 1.63. The van der Waals surface area contributed by atoms with Crippen molar-refractivity contribution in [3.05, 3.63) is 29.0 Å². The van der Waals surface area contributed by atoms with Gasteiger partial charge in [0.2, 0.25) is 10.0 Å². The van der Waals surface area contributed by atoms with E-state index in [4.69, 9.17) is 16.7 Å². The van der Waals surface area contributed by atoms with Crippen molar-refractivity contribution in [3.8, 4) is 0 Å². The van der Waals surface area contributed by atoms with Crippen LogP contribution in [0.2, 0.25) is 5.02 Å². The second kappa shape index (κ2) is 7.26. The van der Waals surface area contributed by atoms with Crippen molar-refractivity contribution in [3.63, 3.8) is 0 Å². The summed E-state index contributed by atoms with van der Waals surface area (Å²) in [4.78, 5) is 10.7. The number of carboxylic acid groups (broad SMARTS) is 1. The van der Waals surface area contributed by atoms with Crippen LogP contribution in [0.3, 0.4) is 0 Å². The zero-order valence-corrected chi connectivity index (χ0v) is 12.9. The average molecular weight is 342 g/mol. The molecule has 0 spiro atoms. The monoisotopic (exact) mass is 341 g/mol. The lowest BCUT2D eigenvalue weighted by Gasteiger charge is -2.14. The van der Waals surface area contributed by atoms with E-state index in [-0.39, 0.29) is 16.3 Å². The first kappa shape index (κ1) is 17.2. The Morgan fingerprint density at radius 1 is 1.55 bits per heavy atom. The summed E-state index contributed by atoms with van der Waals surface area (Å²) < 4.78 is 39.1. The Morgan fingerprint density at radius 2 is 2.20 bits per heavy atom. The number of hydrogen-bond donors (Lipinski definition) is 2. The highest BCUT2D eigenvalue weighted by molar-refractivity contribution is 7.98. The summed E-state index contributed by atoms with van der Waals surface area (Å²) in [7, 11) is -4.07. The lowest BCUT2D eigenvalue weighted by Crippen LogP contribution is -2.41. The van der Waals surface area contributed by atoms with Gasteiger partial charge in [-0.3, -0.25) is 4.79 Å². The minimum atomic E-state index is -4.07. The molecule has 0 saturated heterocycles. The van der Waals surface area contributed by atoms with Crippen LogP contribution in [0, 0.1) is 5.82 Å². The molecule has 1 aromatic rings. The number of nitrogens with one attached hydrogen (secondary N) is 1. The maximum Gasteiger partial charge on any atom is 0.321 e. The Morgan fingerprint density at radius 3 is 2.70 bits per heavy atom. The fourth-order valence-corrected chi connectivity index (χ4v) is 3.33. The first-order valence-electron chi connectivity index (χ1n) is 5.47. The molecule has 0 aliphatic rings. The molecule has 0 heterocycles. The van der Waals surface area contributed by atoms with Gasteiger partial charge in [0.15, 0.2) is 0 Å². The Labute approximate surface area is 125 Å². The summed E-state index contributed by atoms with van der Waals surface area (Å²) in [5.74, 6) is -1.53. The van der Waals surface area contributed by atoms with Crippen LogP contribution in [0.5, 0.6) is 0 Å². The average Bonchev–Trinajstić information content (AvgIpc) is 2.37. The van der Waals surface area contributed by atoms with Crippen LogP contribution in [-0.4, -0.2) is 37.5 Å². The Hall–Kier alpha value is -0.830. The minimum absolute atomic E-state index is 0.144. The van der Waals surface area contributed by atoms with Crippen molar-refractivity contribution in [2.75, 3.05) is 12.0 Å². The summed E-state index contributed by atoms with van der Waals surface area (Å²) in [5, 5.41) is 8.64. The van der Waals surface area contributed by atoms with Crippen LogP contribution < -0.4 is 4.72 Å². The number of rotatable bonds is 7. The van der Waals surface area contributed by atoms with E-state index in [9.17, 15) is 17.6 Å². The lowest BCUT2D eigenvalue weighted by molar-refractivity contribution is -0.139. The van der Waals surface area contributed by atoms with Crippen molar-refractivity contribution >= 4 is 39.4 Å². The maximum absolute atomic E-state index is 13.0. The summed E-state index contributed by atoms with van der Waals surface area (Å²) in [6.07, 6.45) is 1.93. The molecule has 0 radical (unpaired) electrons.